The Morgan fingerprint density at radius 1 is 1.11 bits per heavy atom. The molecule has 0 aliphatic heterocycles. The second kappa shape index (κ2) is 5.05. The molecule has 4 heteroatoms. The first-order valence-corrected chi connectivity index (χ1v) is 7.02. The zero-order chi connectivity index (χ0) is 13.2. The summed E-state index contributed by atoms with van der Waals surface area (Å²) in [6, 6.07) is 14.9. The van der Waals surface area contributed by atoms with Crippen LogP contribution in [-0.4, -0.2) is 9.55 Å². The maximum atomic E-state index is 13.6. The molecule has 3 aromatic rings. The third-order valence-corrected chi connectivity index (χ3v) is 4.14. The van der Waals surface area contributed by atoms with Gasteiger partial charge in [0.2, 0.25) is 0 Å². The molecule has 0 bridgehead atoms. The second-order valence-electron chi connectivity index (χ2n) is 4.32. The van der Waals surface area contributed by atoms with Crippen LogP contribution in [0.4, 0.5) is 4.39 Å². The lowest BCUT2D eigenvalue weighted by atomic mass is 10.2. The Labute approximate surface area is 115 Å². The topological polar surface area (TPSA) is 17.8 Å². The highest BCUT2D eigenvalue weighted by molar-refractivity contribution is 7.98. The van der Waals surface area contributed by atoms with Crippen LogP contribution in [0.15, 0.2) is 53.7 Å². The largest absolute Gasteiger partial charge is 0.322 e. The zero-order valence-corrected chi connectivity index (χ0v) is 11.3. The number of thioether (sulfide) groups is 1. The highest BCUT2D eigenvalue weighted by Gasteiger charge is 2.09. The highest BCUT2D eigenvalue weighted by atomic mass is 32.2. The van der Waals surface area contributed by atoms with Crippen molar-refractivity contribution in [3.8, 4) is 0 Å². The van der Waals surface area contributed by atoms with Gasteiger partial charge in [-0.05, 0) is 23.8 Å². The minimum absolute atomic E-state index is 0.159. The Morgan fingerprint density at radius 2 is 1.84 bits per heavy atom. The van der Waals surface area contributed by atoms with Gasteiger partial charge in [0.25, 0.3) is 0 Å². The van der Waals surface area contributed by atoms with Crippen LogP contribution < -0.4 is 0 Å². The molecule has 1 heterocycles. The molecule has 0 saturated carbocycles. The van der Waals surface area contributed by atoms with Crippen LogP contribution in [0.25, 0.3) is 11.0 Å². The van der Waals surface area contributed by atoms with Crippen molar-refractivity contribution in [2.75, 3.05) is 0 Å². The molecule has 96 valence electrons. The summed E-state index contributed by atoms with van der Waals surface area (Å²) >= 11 is 1.55. The van der Waals surface area contributed by atoms with Gasteiger partial charge in [-0.2, -0.15) is 0 Å². The molecular weight excluding hydrogens is 259 g/mol. The molecule has 0 spiro atoms. The van der Waals surface area contributed by atoms with E-state index in [-0.39, 0.29) is 5.82 Å². The maximum absolute atomic E-state index is 13.6. The molecule has 2 aromatic carbocycles. The summed E-state index contributed by atoms with van der Waals surface area (Å²) in [6.45, 7) is 0. The number of aromatic nitrogens is 2. The van der Waals surface area contributed by atoms with E-state index in [9.17, 15) is 4.39 Å². The number of halogens is 1. The standard InChI is InChI=1S/C15H13FN2S/c1-18-14-9-5-4-8-13(14)17-15(18)19-10-11-6-2-3-7-12(11)16/h2-9H,10H2,1H3. The first kappa shape index (κ1) is 12.2. The van der Waals surface area contributed by atoms with Gasteiger partial charge in [0, 0.05) is 12.8 Å². The van der Waals surface area contributed by atoms with Crippen molar-refractivity contribution in [3.63, 3.8) is 0 Å². The molecule has 0 N–H and O–H groups in total. The number of hydrogen-bond donors (Lipinski definition) is 0. The van der Waals surface area contributed by atoms with Crippen molar-refractivity contribution in [1.29, 1.82) is 0 Å². The quantitative estimate of drug-likeness (QED) is 0.671. The Bertz CT molecular complexity index is 721. The molecule has 0 aliphatic carbocycles. The van der Waals surface area contributed by atoms with Crippen LogP contribution in [0.3, 0.4) is 0 Å². The molecule has 1 aromatic heterocycles. The van der Waals surface area contributed by atoms with E-state index in [2.05, 4.69) is 4.98 Å². The van der Waals surface area contributed by atoms with Gasteiger partial charge in [0.05, 0.1) is 11.0 Å². The molecule has 2 nitrogen and oxygen atoms in total. The summed E-state index contributed by atoms with van der Waals surface area (Å²) in [4.78, 5) is 4.56. The zero-order valence-electron chi connectivity index (χ0n) is 10.5. The fourth-order valence-electron chi connectivity index (χ4n) is 2.01. The van der Waals surface area contributed by atoms with E-state index in [1.54, 1.807) is 17.8 Å². The van der Waals surface area contributed by atoms with E-state index in [0.717, 1.165) is 16.2 Å². The van der Waals surface area contributed by atoms with E-state index in [4.69, 9.17) is 0 Å². The number of fused-ring (bicyclic) bond motifs is 1. The molecule has 0 amide bonds. The van der Waals surface area contributed by atoms with Gasteiger partial charge in [0.1, 0.15) is 5.82 Å². The molecule has 0 fully saturated rings. The predicted octanol–water partition coefficient (Wildman–Crippen LogP) is 4.00. The molecule has 19 heavy (non-hydrogen) atoms. The summed E-state index contributed by atoms with van der Waals surface area (Å²) in [5.41, 5.74) is 2.78. The van der Waals surface area contributed by atoms with Crippen LogP contribution >= 0.6 is 11.8 Å². The van der Waals surface area contributed by atoms with Gasteiger partial charge in [-0.3, -0.25) is 0 Å². The van der Waals surface area contributed by atoms with Crippen LogP contribution in [0, 0.1) is 5.82 Å². The normalized spacial score (nSPS) is 11.1. The van der Waals surface area contributed by atoms with Crippen molar-refractivity contribution in [3.05, 3.63) is 59.9 Å². The van der Waals surface area contributed by atoms with E-state index in [1.807, 2.05) is 48.0 Å². The number of hydrogen-bond acceptors (Lipinski definition) is 2. The van der Waals surface area contributed by atoms with E-state index >= 15 is 0 Å². The lowest BCUT2D eigenvalue weighted by Gasteiger charge is -2.03. The van der Waals surface area contributed by atoms with Gasteiger partial charge in [-0.1, -0.05) is 42.1 Å². The highest BCUT2D eigenvalue weighted by Crippen LogP contribution is 2.26. The minimum Gasteiger partial charge on any atom is -0.322 e. The third kappa shape index (κ3) is 2.36. The van der Waals surface area contributed by atoms with Crippen molar-refractivity contribution >= 4 is 22.8 Å². The minimum atomic E-state index is -0.159. The molecule has 0 saturated heterocycles. The van der Waals surface area contributed by atoms with Gasteiger partial charge in [-0.25, -0.2) is 9.37 Å². The van der Waals surface area contributed by atoms with Crippen molar-refractivity contribution < 1.29 is 4.39 Å². The SMILES string of the molecule is Cn1c(SCc2ccccc2F)nc2ccccc21. The maximum Gasteiger partial charge on any atom is 0.169 e. The molecular formula is C15H13FN2S. The number of rotatable bonds is 3. The fourth-order valence-corrected chi connectivity index (χ4v) is 2.98. The number of nitrogens with zero attached hydrogens (tertiary/aromatic N) is 2. The molecule has 0 unspecified atom stereocenters. The van der Waals surface area contributed by atoms with Gasteiger partial charge < -0.3 is 4.57 Å². The Balaban J connectivity index is 1.86. The summed E-state index contributed by atoms with van der Waals surface area (Å²) in [7, 11) is 1.99. The number of aryl methyl sites for hydroxylation is 1. The van der Waals surface area contributed by atoms with Crippen LogP contribution in [0.5, 0.6) is 0 Å². The smallest absolute Gasteiger partial charge is 0.169 e. The van der Waals surface area contributed by atoms with Crippen LogP contribution in [-0.2, 0) is 12.8 Å². The number of benzene rings is 2. The second-order valence-corrected chi connectivity index (χ2v) is 5.26. The lowest BCUT2D eigenvalue weighted by Crippen LogP contribution is -1.92. The summed E-state index contributed by atoms with van der Waals surface area (Å²) < 4.78 is 15.6. The Morgan fingerprint density at radius 3 is 2.63 bits per heavy atom. The molecule has 0 radical (unpaired) electrons. The molecule has 0 atom stereocenters. The fraction of sp³-hybridized carbons (Fsp3) is 0.133. The van der Waals surface area contributed by atoms with E-state index in [1.165, 1.54) is 6.07 Å². The Kier molecular flexibility index (Phi) is 3.25. The van der Waals surface area contributed by atoms with Crippen molar-refractivity contribution in [2.45, 2.75) is 10.9 Å². The van der Waals surface area contributed by atoms with Crippen LogP contribution in [0.2, 0.25) is 0 Å². The van der Waals surface area contributed by atoms with Crippen LogP contribution in [0.1, 0.15) is 5.56 Å². The molecule has 0 aliphatic rings. The Hall–Kier alpha value is -1.81. The lowest BCUT2D eigenvalue weighted by molar-refractivity contribution is 0.617. The summed E-state index contributed by atoms with van der Waals surface area (Å²) in [5.74, 6) is 0.429. The first-order valence-electron chi connectivity index (χ1n) is 6.03. The monoisotopic (exact) mass is 272 g/mol. The molecule has 3 rings (SSSR count). The summed E-state index contributed by atoms with van der Waals surface area (Å²) in [6.07, 6.45) is 0. The van der Waals surface area contributed by atoms with Gasteiger partial charge in [-0.15, -0.1) is 0 Å². The van der Waals surface area contributed by atoms with E-state index in [0.29, 0.717) is 11.3 Å². The van der Waals surface area contributed by atoms with Gasteiger partial charge >= 0.3 is 0 Å². The van der Waals surface area contributed by atoms with Gasteiger partial charge in [0.15, 0.2) is 5.16 Å². The summed E-state index contributed by atoms with van der Waals surface area (Å²) in [5, 5.41) is 0.907. The predicted molar refractivity (Wildman–Crippen MR) is 76.7 cm³/mol. The average molecular weight is 272 g/mol. The average Bonchev–Trinajstić information content (AvgIpc) is 2.75. The number of imidazole rings is 1. The number of para-hydroxylation sites is 2. The van der Waals surface area contributed by atoms with Crippen molar-refractivity contribution in [1.82, 2.24) is 9.55 Å². The third-order valence-electron chi connectivity index (χ3n) is 3.06. The first-order chi connectivity index (χ1) is 9.25. The van der Waals surface area contributed by atoms with Crippen molar-refractivity contribution in [2.24, 2.45) is 7.05 Å². The van der Waals surface area contributed by atoms with E-state index < -0.39 is 0 Å².